The lowest BCUT2D eigenvalue weighted by molar-refractivity contribution is -0.148. The van der Waals surface area contributed by atoms with Gasteiger partial charge in [0.25, 0.3) is 5.91 Å². The number of likely N-dealkylation sites (tertiary alicyclic amines) is 2. The second-order valence-corrected chi connectivity index (χ2v) is 8.97. The average Bonchev–Trinajstić information content (AvgIpc) is 2.81. The van der Waals surface area contributed by atoms with Crippen LogP contribution in [0, 0.1) is 11.6 Å². The number of aromatic nitrogens is 1. The van der Waals surface area contributed by atoms with E-state index < -0.39 is 23.2 Å². The van der Waals surface area contributed by atoms with Gasteiger partial charge in [-0.3, -0.25) is 9.69 Å². The van der Waals surface area contributed by atoms with Crippen molar-refractivity contribution in [2.24, 2.45) is 0 Å². The van der Waals surface area contributed by atoms with Crippen LogP contribution < -0.4 is 11.1 Å². The maximum atomic E-state index is 15.5. The number of nitrogens with zero attached hydrogens (tertiary/aromatic N) is 3. The Balaban J connectivity index is 1.23. The molecule has 2 fully saturated rings. The lowest BCUT2D eigenvalue weighted by Gasteiger charge is -2.40. The smallest absolute Gasteiger partial charge is 0.260 e. The predicted molar refractivity (Wildman–Crippen MR) is 120 cm³/mol. The van der Waals surface area contributed by atoms with Crippen molar-refractivity contribution < 1.29 is 18.0 Å². The van der Waals surface area contributed by atoms with Crippen molar-refractivity contribution in [2.45, 2.75) is 50.5 Å². The molecule has 0 unspecified atom stereocenters. The van der Waals surface area contributed by atoms with Crippen LogP contribution in [-0.2, 0) is 17.9 Å². The van der Waals surface area contributed by atoms with Gasteiger partial charge in [0.15, 0.2) is 5.67 Å². The molecule has 1 aromatic heterocycles. The number of rotatable bonds is 6. The fraction of sp³-hybridized carbons (Fsp3) is 0.500. The zero-order valence-corrected chi connectivity index (χ0v) is 18.6. The number of carbonyl (C=O) groups excluding carboxylic acids is 1. The van der Waals surface area contributed by atoms with E-state index in [1.807, 2.05) is 12.1 Å². The monoisotopic (exact) mass is 461 g/mol. The van der Waals surface area contributed by atoms with Crippen LogP contribution in [0.3, 0.4) is 0 Å². The summed E-state index contributed by atoms with van der Waals surface area (Å²) < 4.78 is 42.4. The van der Waals surface area contributed by atoms with E-state index in [0.717, 1.165) is 11.6 Å². The number of alkyl halides is 1. The van der Waals surface area contributed by atoms with Crippen molar-refractivity contribution >= 4 is 11.7 Å². The summed E-state index contributed by atoms with van der Waals surface area (Å²) in [6, 6.07) is 7.37. The van der Waals surface area contributed by atoms with Crippen molar-refractivity contribution in [1.29, 1.82) is 0 Å². The van der Waals surface area contributed by atoms with Crippen LogP contribution in [0.5, 0.6) is 0 Å². The van der Waals surface area contributed by atoms with Gasteiger partial charge >= 0.3 is 0 Å². The molecule has 3 N–H and O–H groups in total. The van der Waals surface area contributed by atoms with Gasteiger partial charge in [0.05, 0.1) is 0 Å². The maximum absolute atomic E-state index is 15.5. The second-order valence-electron chi connectivity index (χ2n) is 8.97. The molecule has 0 aliphatic carbocycles. The molecule has 0 spiro atoms. The summed E-state index contributed by atoms with van der Waals surface area (Å²) in [5.41, 5.74) is 5.37. The third-order valence-corrected chi connectivity index (χ3v) is 6.73. The minimum absolute atomic E-state index is 0.0980. The van der Waals surface area contributed by atoms with Crippen molar-refractivity contribution in [3.8, 4) is 0 Å². The Morgan fingerprint density at radius 3 is 2.52 bits per heavy atom. The number of nitrogens with one attached hydrogen (secondary N) is 1. The van der Waals surface area contributed by atoms with E-state index in [-0.39, 0.29) is 25.4 Å². The summed E-state index contributed by atoms with van der Waals surface area (Å²) in [5, 5.41) is 3.26. The molecule has 33 heavy (non-hydrogen) atoms. The fourth-order valence-corrected chi connectivity index (χ4v) is 4.59. The first kappa shape index (κ1) is 23.5. The highest BCUT2D eigenvalue weighted by Crippen LogP contribution is 2.31. The van der Waals surface area contributed by atoms with Crippen molar-refractivity contribution in [3.05, 3.63) is 59.3 Å². The number of piperidine rings is 2. The number of benzene rings is 1. The number of amides is 1. The molecule has 6 nitrogen and oxygen atoms in total. The van der Waals surface area contributed by atoms with Gasteiger partial charge in [0, 0.05) is 81.5 Å². The third-order valence-electron chi connectivity index (χ3n) is 6.73. The number of halogens is 3. The van der Waals surface area contributed by atoms with Crippen LogP contribution >= 0.6 is 0 Å². The first-order chi connectivity index (χ1) is 15.8. The van der Waals surface area contributed by atoms with Gasteiger partial charge in [-0.1, -0.05) is 12.1 Å². The first-order valence-corrected chi connectivity index (χ1v) is 11.4. The van der Waals surface area contributed by atoms with E-state index >= 15 is 4.39 Å². The molecule has 2 saturated heterocycles. The largest absolute Gasteiger partial charge is 0.383 e. The number of nitrogen functional groups attached to an aromatic ring is 1. The zero-order chi connectivity index (χ0) is 23.4. The molecule has 3 heterocycles. The quantitative estimate of drug-likeness (QED) is 0.692. The van der Waals surface area contributed by atoms with E-state index in [4.69, 9.17) is 5.73 Å². The molecule has 0 saturated carbocycles. The van der Waals surface area contributed by atoms with E-state index in [2.05, 4.69) is 15.2 Å². The molecule has 1 aromatic carbocycles. The fourth-order valence-electron chi connectivity index (χ4n) is 4.59. The SMILES string of the molecule is Nc1ncccc1CN1CCC(F)(C(=O)N2CCC(NCc3ccc(F)cc3F)CC2)CC1. The van der Waals surface area contributed by atoms with Crippen molar-refractivity contribution in [2.75, 3.05) is 31.9 Å². The van der Waals surface area contributed by atoms with Crippen LogP contribution in [0.15, 0.2) is 36.5 Å². The number of anilines is 1. The Morgan fingerprint density at radius 1 is 1.12 bits per heavy atom. The van der Waals surface area contributed by atoms with E-state index in [1.165, 1.54) is 12.1 Å². The Morgan fingerprint density at radius 2 is 1.85 bits per heavy atom. The summed E-state index contributed by atoms with van der Waals surface area (Å²) in [7, 11) is 0. The highest BCUT2D eigenvalue weighted by atomic mass is 19.1. The molecule has 0 radical (unpaired) electrons. The van der Waals surface area contributed by atoms with Gasteiger partial charge in [-0.15, -0.1) is 0 Å². The minimum atomic E-state index is -1.84. The number of hydrogen-bond donors (Lipinski definition) is 2. The third kappa shape index (κ3) is 5.65. The summed E-state index contributed by atoms with van der Waals surface area (Å²) in [6.45, 7) is 2.77. The molecule has 2 aliphatic heterocycles. The predicted octanol–water partition coefficient (Wildman–Crippen LogP) is 3.03. The molecule has 4 rings (SSSR count). The van der Waals surface area contributed by atoms with Gasteiger partial charge in [0.1, 0.15) is 17.5 Å². The summed E-state index contributed by atoms with van der Waals surface area (Å²) in [4.78, 5) is 20.8. The van der Waals surface area contributed by atoms with Crippen LogP contribution in [0.1, 0.15) is 36.8 Å². The lowest BCUT2D eigenvalue weighted by Crippen LogP contribution is -2.55. The van der Waals surface area contributed by atoms with Crippen LogP contribution in [0.4, 0.5) is 19.0 Å². The number of nitrogens with two attached hydrogens (primary N) is 1. The number of hydrogen-bond acceptors (Lipinski definition) is 5. The molecule has 0 atom stereocenters. The maximum Gasteiger partial charge on any atom is 0.260 e. The van der Waals surface area contributed by atoms with Crippen molar-refractivity contribution in [1.82, 2.24) is 20.1 Å². The molecule has 1 amide bonds. The normalized spacial score (nSPS) is 19.5. The second kappa shape index (κ2) is 10.1. The highest BCUT2D eigenvalue weighted by molar-refractivity contribution is 5.85. The molecule has 9 heteroatoms. The number of pyridine rings is 1. The van der Waals surface area contributed by atoms with Gasteiger partial charge in [-0.05, 0) is 25.0 Å². The Bertz CT molecular complexity index is 972. The average molecular weight is 462 g/mol. The van der Waals surface area contributed by atoms with Crippen molar-refractivity contribution in [3.63, 3.8) is 0 Å². The summed E-state index contributed by atoms with van der Waals surface area (Å²) in [6.07, 6.45) is 3.29. The van der Waals surface area contributed by atoms with Gasteiger partial charge in [-0.25, -0.2) is 18.2 Å². The Hall–Kier alpha value is -2.65. The van der Waals surface area contributed by atoms with Crippen LogP contribution in [-0.4, -0.2) is 58.6 Å². The molecule has 2 aromatic rings. The minimum Gasteiger partial charge on any atom is -0.383 e. The molecular formula is C24H30F3N5O. The topological polar surface area (TPSA) is 74.5 Å². The van der Waals surface area contributed by atoms with E-state index in [1.54, 1.807) is 11.1 Å². The summed E-state index contributed by atoms with van der Waals surface area (Å²) >= 11 is 0. The Labute approximate surface area is 192 Å². The highest BCUT2D eigenvalue weighted by Gasteiger charge is 2.44. The van der Waals surface area contributed by atoms with Gasteiger partial charge in [-0.2, -0.15) is 0 Å². The molecular weight excluding hydrogens is 431 g/mol. The van der Waals surface area contributed by atoms with Crippen LogP contribution in [0.2, 0.25) is 0 Å². The first-order valence-electron chi connectivity index (χ1n) is 11.4. The lowest BCUT2D eigenvalue weighted by atomic mass is 9.90. The Kier molecular flexibility index (Phi) is 7.19. The van der Waals surface area contributed by atoms with E-state index in [9.17, 15) is 13.6 Å². The van der Waals surface area contributed by atoms with Gasteiger partial charge < -0.3 is 16.0 Å². The molecule has 178 valence electrons. The standard InChI is InChI=1S/C24H30F3N5O/c25-19-4-3-17(21(26)14-19)15-30-20-5-10-32(11-6-20)23(33)24(27)7-12-31(13-8-24)16-18-2-1-9-29-22(18)28/h1-4,9,14,20,30H,5-8,10-13,15-16H2,(H2,28,29). The molecule has 0 bridgehead atoms. The van der Waals surface area contributed by atoms with Gasteiger partial charge in [0.2, 0.25) is 0 Å². The molecule has 2 aliphatic rings. The number of carbonyl (C=O) groups is 1. The van der Waals surface area contributed by atoms with Crippen LogP contribution in [0.25, 0.3) is 0 Å². The zero-order valence-electron chi connectivity index (χ0n) is 18.6. The van der Waals surface area contributed by atoms with E-state index in [0.29, 0.717) is 56.9 Å². The summed E-state index contributed by atoms with van der Waals surface area (Å²) in [5.74, 6) is -1.13.